The third kappa shape index (κ3) is 5.65. The molecule has 1 aliphatic carbocycles. The predicted octanol–water partition coefficient (Wildman–Crippen LogP) is 8.39. The molecule has 6 heteroatoms. The zero-order valence-corrected chi connectivity index (χ0v) is 25.9. The number of imide groups is 1. The number of ether oxygens (including phenoxy) is 1. The number of phenolic OH excluding ortho intramolecular Hbond substituents is 1. The van der Waals surface area contributed by atoms with Gasteiger partial charge in [0.25, 0.3) is 0 Å². The molecule has 0 aromatic heterocycles. The monoisotopic (exact) mass is 610 g/mol. The highest BCUT2D eigenvalue weighted by Gasteiger charge is 2.57. The minimum absolute atomic E-state index is 0.0958. The Morgan fingerprint density at radius 1 is 0.848 bits per heavy atom. The lowest BCUT2D eigenvalue weighted by atomic mass is 9.69. The summed E-state index contributed by atoms with van der Waals surface area (Å²) in [6.45, 7) is 2.58. The number of phenols is 1. The smallest absolute Gasteiger partial charge is 0.238 e. The van der Waals surface area contributed by atoms with Crippen molar-refractivity contribution >= 4 is 40.5 Å². The summed E-state index contributed by atoms with van der Waals surface area (Å²) < 4.78 is 6.47. The lowest BCUT2D eigenvalue weighted by Gasteiger charge is -2.31. The number of carbonyl (C=O) groups excluding carboxylic acids is 2. The number of nitrogens with zero attached hydrogens (tertiary/aromatic N) is 1. The molecule has 0 unspecified atom stereocenters. The van der Waals surface area contributed by atoms with Gasteiger partial charge in [-0.1, -0.05) is 79.2 Å². The number of para-hydroxylation sites is 2. The lowest BCUT2D eigenvalue weighted by molar-refractivity contribution is -0.122. The number of hydrogen-bond donors (Lipinski definition) is 2. The number of carbonyl (C=O) groups is 2. The largest absolute Gasteiger partial charge is 0.507 e. The molecule has 2 amide bonds. The average Bonchev–Trinajstić information content (AvgIpc) is 3.62. The Morgan fingerprint density at radius 3 is 2.24 bits per heavy atom. The van der Waals surface area contributed by atoms with Crippen LogP contribution < -0.4 is 10.2 Å². The first-order chi connectivity index (χ1) is 22.5. The molecule has 2 fully saturated rings. The Bertz CT molecular complexity index is 1800. The fourth-order valence-corrected chi connectivity index (χ4v) is 7.48. The van der Waals surface area contributed by atoms with E-state index in [1.165, 1.54) is 16.0 Å². The SMILES string of the molecule is CCC1=C2[C@@H](CC/C(=C/c3ccccc3O)c3ccccc3)OC[C@@H]2[C@@H]2C(=O)N(c3ccc(Nc4ccccc4)cc3)C(=O)[C@@H]2C1. The van der Waals surface area contributed by atoms with Gasteiger partial charge >= 0.3 is 0 Å². The maximum atomic E-state index is 14.0. The lowest BCUT2D eigenvalue weighted by Crippen LogP contribution is -2.34. The van der Waals surface area contributed by atoms with E-state index in [9.17, 15) is 14.7 Å². The molecule has 2 N–H and O–H groups in total. The molecule has 7 rings (SSSR count). The number of benzene rings is 4. The maximum Gasteiger partial charge on any atom is 0.238 e. The Labute approximate surface area is 270 Å². The summed E-state index contributed by atoms with van der Waals surface area (Å²) in [6, 6.07) is 35.0. The molecule has 0 bridgehead atoms. The van der Waals surface area contributed by atoms with Crippen LogP contribution >= 0.6 is 0 Å². The van der Waals surface area contributed by atoms with Crippen LogP contribution in [0.2, 0.25) is 0 Å². The topological polar surface area (TPSA) is 78.9 Å². The van der Waals surface area contributed by atoms with Crippen LogP contribution in [0, 0.1) is 17.8 Å². The number of fused-ring (bicyclic) bond motifs is 3. The van der Waals surface area contributed by atoms with Gasteiger partial charge in [-0.2, -0.15) is 0 Å². The number of aromatic hydroxyl groups is 1. The zero-order valence-electron chi connectivity index (χ0n) is 25.9. The molecule has 232 valence electrons. The Balaban J connectivity index is 1.11. The van der Waals surface area contributed by atoms with Gasteiger partial charge in [0.05, 0.1) is 30.2 Å². The van der Waals surface area contributed by atoms with Crippen LogP contribution in [0.5, 0.6) is 5.75 Å². The van der Waals surface area contributed by atoms with E-state index in [4.69, 9.17) is 4.74 Å². The molecule has 0 radical (unpaired) electrons. The van der Waals surface area contributed by atoms with Crippen LogP contribution in [-0.2, 0) is 14.3 Å². The predicted molar refractivity (Wildman–Crippen MR) is 182 cm³/mol. The fourth-order valence-electron chi connectivity index (χ4n) is 7.48. The summed E-state index contributed by atoms with van der Waals surface area (Å²) in [7, 11) is 0. The highest BCUT2D eigenvalue weighted by molar-refractivity contribution is 6.22. The normalized spacial score (nSPS) is 22.6. The number of anilines is 3. The highest BCUT2D eigenvalue weighted by Crippen LogP contribution is 2.51. The van der Waals surface area contributed by atoms with Gasteiger partial charge in [0.15, 0.2) is 0 Å². The molecule has 46 heavy (non-hydrogen) atoms. The summed E-state index contributed by atoms with van der Waals surface area (Å²) >= 11 is 0. The van der Waals surface area contributed by atoms with Crippen LogP contribution in [0.1, 0.15) is 43.7 Å². The molecule has 4 aromatic rings. The van der Waals surface area contributed by atoms with E-state index in [-0.39, 0.29) is 35.5 Å². The van der Waals surface area contributed by atoms with E-state index in [2.05, 4.69) is 30.4 Å². The number of hydrogen-bond acceptors (Lipinski definition) is 5. The van der Waals surface area contributed by atoms with E-state index in [0.717, 1.165) is 47.3 Å². The van der Waals surface area contributed by atoms with Crippen molar-refractivity contribution < 1.29 is 19.4 Å². The van der Waals surface area contributed by atoms with Gasteiger partial charge in [0.1, 0.15) is 5.75 Å². The van der Waals surface area contributed by atoms with Gasteiger partial charge < -0.3 is 15.2 Å². The van der Waals surface area contributed by atoms with Crippen molar-refractivity contribution in [2.45, 2.75) is 38.7 Å². The number of nitrogens with one attached hydrogen (secondary N) is 1. The van der Waals surface area contributed by atoms with Crippen LogP contribution in [-0.4, -0.2) is 29.6 Å². The van der Waals surface area contributed by atoms with E-state index < -0.39 is 5.92 Å². The molecule has 2 saturated heterocycles. The number of allylic oxidation sites excluding steroid dienone is 2. The highest BCUT2D eigenvalue weighted by atomic mass is 16.5. The number of rotatable bonds is 9. The van der Waals surface area contributed by atoms with E-state index in [0.29, 0.717) is 18.7 Å². The summed E-state index contributed by atoms with van der Waals surface area (Å²) in [5.74, 6) is -0.842. The molecule has 2 heterocycles. The van der Waals surface area contributed by atoms with Crippen LogP contribution in [0.4, 0.5) is 17.1 Å². The summed E-state index contributed by atoms with van der Waals surface area (Å²) in [5.41, 5.74) is 7.95. The zero-order chi connectivity index (χ0) is 31.6. The quantitative estimate of drug-likeness (QED) is 0.113. The maximum absolute atomic E-state index is 14.0. The fraction of sp³-hybridized carbons (Fsp3) is 0.250. The van der Waals surface area contributed by atoms with Crippen molar-refractivity contribution in [2.75, 3.05) is 16.8 Å². The van der Waals surface area contributed by atoms with Crippen LogP contribution in [0.25, 0.3) is 11.6 Å². The van der Waals surface area contributed by atoms with Crippen LogP contribution in [0.3, 0.4) is 0 Å². The molecular weight excluding hydrogens is 572 g/mol. The van der Waals surface area contributed by atoms with E-state index in [1.807, 2.05) is 91.0 Å². The second-order valence-corrected chi connectivity index (χ2v) is 12.4. The first-order valence-electron chi connectivity index (χ1n) is 16.2. The Kier molecular flexibility index (Phi) is 8.29. The second kappa shape index (κ2) is 12.8. The summed E-state index contributed by atoms with van der Waals surface area (Å²) in [6.07, 6.45) is 4.87. The third-order valence-corrected chi connectivity index (χ3v) is 9.71. The molecule has 2 aliphatic heterocycles. The standard InChI is InChI=1S/C40H38N2O4/c1-2-26-24-33-38(40(45)42(39(33)44)32-20-18-31(19-21-32)41-30-14-7-4-8-15-30)34-25-46-36(37(26)34)22-17-28(27-11-5-3-6-12-27)23-29-13-9-10-16-35(29)43/h3-16,18-21,23,33-34,36,38,41,43H,2,17,22,24-25H2,1H3/b28-23-/t33-,34+,36-,38-/m1/s1. The molecule has 0 spiro atoms. The van der Waals surface area contributed by atoms with Gasteiger partial charge in [-0.15, -0.1) is 0 Å². The van der Waals surface area contributed by atoms with Gasteiger partial charge in [-0.05, 0) is 90.9 Å². The van der Waals surface area contributed by atoms with Gasteiger partial charge in [-0.25, -0.2) is 0 Å². The summed E-state index contributed by atoms with van der Waals surface area (Å²) in [5, 5.41) is 13.8. The van der Waals surface area contributed by atoms with Gasteiger partial charge in [-0.3, -0.25) is 14.5 Å². The van der Waals surface area contributed by atoms with Gasteiger partial charge in [0.2, 0.25) is 11.8 Å². The van der Waals surface area contributed by atoms with Crippen molar-refractivity contribution in [3.8, 4) is 5.75 Å². The Morgan fingerprint density at radius 2 is 1.52 bits per heavy atom. The van der Waals surface area contributed by atoms with Crippen molar-refractivity contribution in [2.24, 2.45) is 17.8 Å². The van der Waals surface area contributed by atoms with E-state index >= 15 is 0 Å². The molecular formula is C40H38N2O4. The summed E-state index contributed by atoms with van der Waals surface area (Å²) in [4.78, 5) is 29.3. The molecule has 0 saturated carbocycles. The van der Waals surface area contributed by atoms with Crippen molar-refractivity contribution in [3.63, 3.8) is 0 Å². The Hall–Kier alpha value is -4.94. The molecule has 4 aromatic carbocycles. The van der Waals surface area contributed by atoms with E-state index in [1.54, 1.807) is 6.07 Å². The van der Waals surface area contributed by atoms with Gasteiger partial charge in [0, 0.05) is 22.9 Å². The number of amides is 2. The van der Waals surface area contributed by atoms with Crippen LogP contribution in [0.15, 0.2) is 120 Å². The average molecular weight is 611 g/mol. The molecule has 4 atom stereocenters. The molecule has 3 aliphatic rings. The first kappa shape index (κ1) is 29.8. The van der Waals surface area contributed by atoms with Crippen molar-refractivity contribution in [3.05, 3.63) is 131 Å². The first-order valence-corrected chi connectivity index (χ1v) is 16.2. The minimum atomic E-state index is -0.407. The molecule has 6 nitrogen and oxygen atoms in total. The second-order valence-electron chi connectivity index (χ2n) is 12.4. The van der Waals surface area contributed by atoms with Crippen molar-refractivity contribution in [1.29, 1.82) is 0 Å². The van der Waals surface area contributed by atoms with Crippen molar-refractivity contribution in [1.82, 2.24) is 0 Å². The third-order valence-electron chi connectivity index (χ3n) is 9.71. The minimum Gasteiger partial charge on any atom is -0.507 e.